The summed E-state index contributed by atoms with van der Waals surface area (Å²) in [5.74, 6) is -0.288. The third kappa shape index (κ3) is 4.62. The average molecular weight is 238 g/mol. The number of ether oxygens (including phenoxy) is 1. The number of carbonyl (C=O) groups is 1. The fourth-order valence-electron chi connectivity index (χ4n) is 1.18. The van der Waals surface area contributed by atoms with Crippen molar-refractivity contribution in [2.24, 2.45) is 0 Å². The lowest BCUT2D eigenvalue weighted by atomic mass is 10.1. The van der Waals surface area contributed by atoms with Gasteiger partial charge in [0.25, 0.3) is 0 Å². The van der Waals surface area contributed by atoms with Gasteiger partial charge in [-0.3, -0.25) is 0 Å². The van der Waals surface area contributed by atoms with Crippen LogP contribution in [-0.2, 0) is 16.0 Å². The lowest BCUT2D eigenvalue weighted by molar-refractivity contribution is -0.150. The van der Waals surface area contributed by atoms with Crippen LogP contribution >= 0.6 is 11.3 Å². The molecule has 0 N–H and O–H groups in total. The first kappa shape index (κ1) is 13.0. The van der Waals surface area contributed by atoms with Crippen LogP contribution in [0.15, 0.2) is 29.7 Å². The van der Waals surface area contributed by atoms with E-state index in [4.69, 9.17) is 4.74 Å². The molecule has 0 unspecified atom stereocenters. The minimum Gasteiger partial charge on any atom is -0.457 e. The fourth-order valence-corrected chi connectivity index (χ4v) is 1.89. The highest BCUT2D eigenvalue weighted by atomic mass is 32.1. The van der Waals surface area contributed by atoms with Crippen LogP contribution in [0.1, 0.15) is 32.1 Å². The molecule has 0 aliphatic heterocycles. The summed E-state index contributed by atoms with van der Waals surface area (Å²) in [5.41, 5.74) is 0.103. The van der Waals surface area contributed by atoms with E-state index >= 15 is 0 Å². The third-order valence-corrected chi connectivity index (χ3v) is 2.88. The Morgan fingerprint density at radius 1 is 1.50 bits per heavy atom. The number of thiophene rings is 1. The minimum absolute atomic E-state index is 0.288. The molecule has 0 radical (unpaired) electrons. The Balaban J connectivity index is 2.38. The van der Waals surface area contributed by atoms with E-state index in [0.717, 1.165) is 6.42 Å². The molecule has 0 saturated heterocycles. The van der Waals surface area contributed by atoms with Gasteiger partial charge in [-0.05, 0) is 45.1 Å². The first-order valence-electron chi connectivity index (χ1n) is 5.32. The molecule has 1 heterocycles. The Morgan fingerprint density at radius 2 is 2.19 bits per heavy atom. The van der Waals surface area contributed by atoms with E-state index in [1.807, 2.05) is 32.2 Å². The van der Waals surface area contributed by atoms with Crippen LogP contribution in [0.25, 0.3) is 0 Å². The van der Waals surface area contributed by atoms with Gasteiger partial charge in [0.1, 0.15) is 5.60 Å². The van der Waals surface area contributed by atoms with Gasteiger partial charge in [-0.1, -0.05) is 12.6 Å². The van der Waals surface area contributed by atoms with Crippen molar-refractivity contribution >= 4 is 17.3 Å². The van der Waals surface area contributed by atoms with Gasteiger partial charge >= 0.3 is 5.97 Å². The first-order chi connectivity index (χ1) is 7.38. The number of hydrogen-bond donors (Lipinski definition) is 0. The molecule has 0 spiro atoms. The molecule has 0 aromatic carbocycles. The first-order valence-corrected chi connectivity index (χ1v) is 6.20. The van der Waals surface area contributed by atoms with Crippen LogP contribution in [0, 0.1) is 0 Å². The predicted molar refractivity (Wildman–Crippen MR) is 67.6 cm³/mol. The summed E-state index contributed by atoms with van der Waals surface area (Å²) < 4.78 is 5.23. The zero-order valence-corrected chi connectivity index (χ0v) is 10.9. The summed E-state index contributed by atoms with van der Waals surface area (Å²) in [6, 6.07) is 4.07. The summed E-state index contributed by atoms with van der Waals surface area (Å²) >= 11 is 1.70. The van der Waals surface area contributed by atoms with Crippen molar-refractivity contribution < 1.29 is 9.53 Å². The SMILES string of the molecule is C=C(CCc1cccs1)C(=O)OC(C)(C)C. The van der Waals surface area contributed by atoms with Crippen LogP contribution in [0.5, 0.6) is 0 Å². The summed E-state index contributed by atoms with van der Waals surface area (Å²) in [4.78, 5) is 12.9. The summed E-state index contributed by atoms with van der Waals surface area (Å²) in [6.45, 7) is 9.34. The van der Waals surface area contributed by atoms with Crippen molar-refractivity contribution in [3.63, 3.8) is 0 Å². The maximum Gasteiger partial charge on any atom is 0.333 e. The average Bonchev–Trinajstić information content (AvgIpc) is 2.63. The molecule has 2 nitrogen and oxygen atoms in total. The monoisotopic (exact) mass is 238 g/mol. The fraction of sp³-hybridized carbons (Fsp3) is 0.462. The Labute approximate surface area is 101 Å². The molecule has 3 heteroatoms. The number of carbonyl (C=O) groups excluding carboxylic acids is 1. The van der Waals surface area contributed by atoms with Gasteiger partial charge in [0, 0.05) is 10.5 Å². The maximum absolute atomic E-state index is 11.6. The summed E-state index contributed by atoms with van der Waals surface area (Å²) in [5, 5.41) is 2.03. The second-order valence-electron chi connectivity index (χ2n) is 4.68. The second-order valence-corrected chi connectivity index (χ2v) is 5.72. The number of esters is 1. The molecular weight excluding hydrogens is 220 g/mol. The lowest BCUT2D eigenvalue weighted by Gasteiger charge is -2.20. The molecule has 0 fully saturated rings. The highest BCUT2D eigenvalue weighted by Gasteiger charge is 2.18. The molecule has 0 aliphatic carbocycles. The predicted octanol–water partition coefficient (Wildman–Crippen LogP) is 3.58. The molecular formula is C13H18O2S. The molecule has 0 saturated carbocycles. The van der Waals surface area contributed by atoms with Gasteiger partial charge in [0.05, 0.1) is 0 Å². The molecule has 1 rings (SSSR count). The van der Waals surface area contributed by atoms with Crippen LogP contribution in [0.4, 0.5) is 0 Å². The molecule has 0 atom stereocenters. The van der Waals surface area contributed by atoms with Crippen LogP contribution < -0.4 is 0 Å². The Hall–Kier alpha value is -1.09. The van der Waals surface area contributed by atoms with Gasteiger partial charge in [0.2, 0.25) is 0 Å². The maximum atomic E-state index is 11.6. The van der Waals surface area contributed by atoms with Crippen LogP contribution in [0.3, 0.4) is 0 Å². The van der Waals surface area contributed by atoms with E-state index in [-0.39, 0.29) is 5.97 Å². The Kier molecular flexibility index (Phi) is 4.30. The summed E-state index contributed by atoms with van der Waals surface area (Å²) in [6.07, 6.45) is 1.52. The van der Waals surface area contributed by atoms with Crippen molar-refractivity contribution in [1.82, 2.24) is 0 Å². The zero-order valence-electron chi connectivity index (χ0n) is 10.1. The quantitative estimate of drug-likeness (QED) is 0.592. The zero-order chi connectivity index (χ0) is 12.2. The molecule has 0 aliphatic rings. The smallest absolute Gasteiger partial charge is 0.333 e. The van der Waals surface area contributed by atoms with E-state index in [1.54, 1.807) is 11.3 Å². The largest absolute Gasteiger partial charge is 0.457 e. The highest BCUT2D eigenvalue weighted by Crippen LogP contribution is 2.16. The minimum atomic E-state index is -0.442. The number of rotatable bonds is 4. The van der Waals surface area contributed by atoms with E-state index in [9.17, 15) is 4.79 Å². The lowest BCUT2D eigenvalue weighted by Crippen LogP contribution is -2.24. The van der Waals surface area contributed by atoms with Crippen LogP contribution in [-0.4, -0.2) is 11.6 Å². The molecule has 0 amide bonds. The molecule has 16 heavy (non-hydrogen) atoms. The highest BCUT2D eigenvalue weighted by molar-refractivity contribution is 7.09. The Morgan fingerprint density at radius 3 is 2.69 bits per heavy atom. The van der Waals surface area contributed by atoms with Gasteiger partial charge in [0.15, 0.2) is 0 Å². The second kappa shape index (κ2) is 5.30. The summed E-state index contributed by atoms with van der Waals surface area (Å²) in [7, 11) is 0. The molecule has 88 valence electrons. The Bertz CT molecular complexity index is 358. The molecule has 0 bridgehead atoms. The van der Waals surface area contributed by atoms with E-state index in [1.165, 1.54) is 4.88 Å². The number of hydrogen-bond acceptors (Lipinski definition) is 3. The normalized spacial score (nSPS) is 11.2. The van der Waals surface area contributed by atoms with E-state index in [0.29, 0.717) is 12.0 Å². The van der Waals surface area contributed by atoms with Gasteiger partial charge in [-0.15, -0.1) is 11.3 Å². The van der Waals surface area contributed by atoms with E-state index in [2.05, 4.69) is 12.6 Å². The van der Waals surface area contributed by atoms with Crippen LogP contribution in [0.2, 0.25) is 0 Å². The van der Waals surface area contributed by atoms with E-state index < -0.39 is 5.60 Å². The van der Waals surface area contributed by atoms with Crippen molar-refractivity contribution in [1.29, 1.82) is 0 Å². The standard InChI is InChI=1S/C13H18O2S/c1-10(12(14)15-13(2,3)4)7-8-11-6-5-9-16-11/h5-6,9H,1,7-8H2,2-4H3. The van der Waals surface area contributed by atoms with Crippen molar-refractivity contribution in [3.05, 3.63) is 34.5 Å². The van der Waals surface area contributed by atoms with Gasteiger partial charge in [-0.25, -0.2) is 4.79 Å². The molecule has 1 aromatic heterocycles. The van der Waals surface area contributed by atoms with Crippen molar-refractivity contribution in [2.75, 3.05) is 0 Å². The topological polar surface area (TPSA) is 26.3 Å². The van der Waals surface area contributed by atoms with Crippen molar-refractivity contribution in [2.45, 2.75) is 39.2 Å². The number of aryl methyl sites for hydroxylation is 1. The van der Waals surface area contributed by atoms with Gasteiger partial charge in [-0.2, -0.15) is 0 Å². The third-order valence-electron chi connectivity index (χ3n) is 1.94. The van der Waals surface area contributed by atoms with Gasteiger partial charge < -0.3 is 4.74 Å². The van der Waals surface area contributed by atoms with Crippen molar-refractivity contribution in [3.8, 4) is 0 Å². The molecule has 1 aromatic rings.